The van der Waals surface area contributed by atoms with Gasteiger partial charge in [-0.05, 0) is 302 Å². The minimum absolute atomic E-state index is 0.112. The van der Waals surface area contributed by atoms with Crippen molar-refractivity contribution in [1.82, 2.24) is 0 Å². The van der Waals surface area contributed by atoms with Crippen molar-refractivity contribution < 1.29 is 9.94 Å². The molecule has 3 nitrogen and oxygen atoms in total. The molecule has 4 aliphatic carbocycles. The normalized spacial score (nSPS) is 23.2. The lowest BCUT2D eigenvalue weighted by atomic mass is 9.53. The van der Waals surface area contributed by atoms with Gasteiger partial charge in [0, 0.05) is 11.1 Å². The van der Waals surface area contributed by atoms with Crippen LogP contribution in [-0.2, 0) is 15.9 Å². The molecular weight excluding hydrogens is 791 g/mol. The van der Waals surface area contributed by atoms with Crippen LogP contribution >= 0.6 is 0 Å². The van der Waals surface area contributed by atoms with Gasteiger partial charge in [-0.25, -0.2) is 0 Å². The molecule has 28 aromatic carbocycles. The fourth-order valence-corrected chi connectivity index (χ4v) is 24.2. The zero-order valence-corrected chi connectivity index (χ0v) is 32.5. The number of hydrogen-bond donors (Lipinski definition) is 1. The molecule has 28 aromatic rings. The zero-order chi connectivity index (χ0) is 38.2. The van der Waals surface area contributed by atoms with Gasteiger partial charge in [0.2, 0.25) is 5.60 Å². The second kappa shape index (κ2) is 4.98. The first-order chi connectivity index (χ1) is 32.4. The molecule has 0 radical (unpaired) electrons. The maximum Gasteiger partial charge on any atom is 0.209 e. The lowest BCUT2D eigenvalue weighted by Gasteiger charge is -2.47. The molecule has 5 aliphatic rings. The molecule has 2 spiro atoms. The van der Waals surface area contributed by atoms with E-state index in [-0.39, 0.29) is 6.61 Å². The van der Waals surface area contributed by atoms with Gasteiger partial charge in [0.1, 0.15) is 11.1 Å². The van der Waals surface area contributed by atoms with Gasteiger partial charge in [-0.1, -0.05) is 5.16 Å². The molecule has 1 aliphatic heterocycles. The van der Waals surface area contributed by atoms with E-state index in [0.29, 0.717) is 0 Å². The van der Waals surface area contributed by atoms with Gasteiger partial charge in [0.25, 0.3) is 0 Å². The van der Waals surface area contributed by atoms with E-state index < -0.39 is 11.0 Å². The Kier molecular flexibility index (Phi) is 1.76. The summed E-state index contributed by atoms with van der Waals surface area (Å²) >= 11 is 0. The lowest BCUT2D eigenvalue weighted by Crippen LogP contribution is -2.54. The third-order valence-electron chi connectivity index (χ3n) is 24.1. The summed E-state index contributed by atoms with van der Waals surface area (Å²) in [6.45, 7) is -0.112. The number of rotatable bonds is 1. The van der Waals surface area contributed by atoms with Crippen molar-refractivity contribution in [2.24, 2.45) is 5.16 Å². The van der Waals surface area contributed by atoms with Crippen LogP contribution in [0.5, 0.6) is 0 Å². The Balaban J connectivity index is 1.28. The Morgan fingerprint density at radius 1 is 0.231 bits per heavy atom. The van der Waals surface area contributed by atoms with Crippen molar-refractivity contribution in [3.05, 3.63) is 22.3 Å². The van der Waals surface area contributed by atoms with Crippen LogP contribution < -0.4 is 0 Å². The van der Waals surface area contributed by atoms with Gasteiger partial charge in [-0.15, -0.1) is 0 Å². The van der Waals surface area contributed by atoms with Gasteiger partial charge >= 0.3 is 0 Å². The van der Waals surface area contributed by atoms with E-state index >= 15 is 0 Å². The van der Waals surface area contributed by atoms with Gasteiger partial charge in [-0.3, -0.25) is 0 Å². The molecule has 0 atom stereocenters. The number of nitrogens with zero attached hydrogens (tertiary/aromatic N) is 1. The molecule has 65 heavy (non-hydrogen) atoms. The highest BCUT2D eigenvalue weighted by molar-refractivity contribution is 6.82. The van der Waals surface area contributed by atoms with E-state index in [0.717, 1.165) is 5.71 Å². The van der Waals surface area contributed by atoms with Crippen molar-refractivity contribution >= 4 is 297 Å². The van der Waals surface area contributed by atoms with Crippen molar-refractivity contribution in [1.29, 1.82) is 0 Å². The number of aliphatic hydroxyl groups is 1. The van der Waals surface area contributed by atoms with E-state index in [2.05, 4.69) is 0 Å². The molecule has 0 unspecified atom stereocenters. The second-order valence-electron chi connectivity index (χ2n) is 24.0. The molecule has 33 rings (SSSR count). The maximum absolute atomic E-state index is 12.2. The van der Waals surface area contributed by atoms with Gasteiger partial charge in [0.15, 0.2) is 0 Å². The zero-order valence-electron chi connectivity index (χ0n) is 32.5. The molecular formula is C62H3NO2. The number of aliphatic hydroxyl groups excluding tert-OH is 1. The summed E-state index contributed by atoms with van der Waals surface area (Å²) < 4.78 is 0. The molecule has 0 saturated heterocycles. The summed E-state index contributed by atoms with van der Waals surface area (Å²) in [6, 6.07) is 0. The topological polar surface area (TPSA) is 41.8 Å². The van der Waals surface area contributed by atoms with Crippen LogP contribution in [0.25, 0.3) is 291 Å². The highest BCUT2D eigenvalue weighted by Crippen LogP contribution is 2.85. The van der Waals surface area contributed by atoms with Crippen LogP contribution in [-0.4, -0.2) is 17.4 Å². The Hall–Kier alpha value is -8.11. The Labute approximate surface area is 349 Å². The first kappa shape index (κ1) is 23.0. The average Bonchev–Trinajstić information content (AvgIpc) is 4.14. The van der Waals surface area contributed by atoms with Crippen molar-refractivity contribution in [2.75, 3.05) is 6.61 Å². The standard InChI is InChI=1S/C62H3NO2/c64-1-2-61-57-49-41-31-21-13-5-3-4-7-11-9(5)17-25-19(11)29-23-15(7)16-8(4)12-10-6(3)14(13)22-28-18(10)26-20(12)30-24(16)34-33(23)45-39(29)47-37(25)43(35(41)27(17)21)51(57)53(47)59-55(45)56-46(34)40(30)48-38(26)44-36(28)42(32(22)31)50(49)58(61)52(44)54(48)60(56)62(59,61)65-63-2/h64H,1H2. The Morgan fingerprint density at radius 2 is 0.385 bits per heavy atom. The minimum Gasteiger partial charge on any atom is -0.390 e. The van der Waals surface area contributed by atoms with Gasteiger partial charge in [0.05, 0.1) is 6.61 Å². The number of benzene rings is 18. The van der Waals surface area contributed by atoms with Crippen LogP contribution in [0.3, 0.4) is 0 Å². The molecule has 1 heterocycles. The highest BCUT2D eigenvalue weighted by atomic mass is 16.7. The van der Waals surface area contributed by atoms with Crippen LogP contribution in [0.15, 0.2) is 5.16 Å². The third-order valence-corrected chi connectivity index (χ3v) is 24.1. The summed E-state index contributed by atoms with van der Waals surface area (Å²) in [5.41, 5.74) is 4.94. The predicted molar refractivity (Wildman–Crippen MR) is 269 cm³/mol. The molecule has 0 saturated carbocycles. The Bertz CT molecular complexity index is 6880. The summed E-state index contributed by atoms with van der Waals surface area (Å²) in [4.78, 5) is 7.77. The molecule has 0 aromatic heterocycles. The summed E-state index contributed by atoms with van der Waals surface area (Å²) in [7, 11) is 0. The summed E-state index contributed by atoms with van der Waals surface area (Å²) in [5, 5.41) is 102. The lowest BCUT2D eigenvalue weighted by molar-refractivity contribution is -0.0123. The van der Waals surface area contributed by atoms with E-state index in [1.54, 1.807) is 205 Å². The quantitative estimate of drug-likeness (QED) is 0.168. The van der Waals surface area contributed by atoms with E-state index in [1.807, 2.05) is 0 Å². The van der Waals surface area contributed by atoms with E-state index in [1.165, 1.54) is 108 Å². The summed E-state index contributed by atoms with van der Waals surface area (Å²) in [5.74, 6) is 0. The monoisotopic (exact) mass is 793 g/mol. The predicted octanol–water partition coefficient (Wildman–Crippen LogP) is 15.6. The number of oxime groups is 1. The maximum atomic E-state index is 12.2. The highest BCUT2D eigenvalue weighted by Gasteiger charge is 2.76. The molecule has 0 amide bonds. The third kappa shape index (κ3) is 1.13. The van der Waals surface area contributed by atoms with Crippen LogP contribution in [0.2, 0.25) is 0 Å². The van der Waals surface area contributed by atoms with Crippen LogP contribution in [0, 0.1) is 0 Å². The molecule has 3 heteroatoms. The van der Waals surface area contributed by atoms with E-state index in [9.17, 15) is 5.11 Å². The second-order valence-corrected chi connectivity index (χ2v) is 24.0. The largest absolute Gasteiger partial charge is 0.390 e. The van der Waals surface area contributed by atoms with Crippen molar-refractivity contribution in [2.45, 2.75) is 11.0 Å². The first-order valence-electron chi connectivity index (χ1n) is 24.0. The average molecular weight is 794 g/mol. The van der Waals surface area contributed by atoms with Crippen molar-refractivity contribution in [3.63, 3.8) is 0 Å². The SMILES string of the molecule is OCC1=NOC23c4c5c6c7c8c9c(c%10c%11c2c2c4c4c%12c5c5c6c6c8c8c%13c9c9c%10c%10c%11c%11c2c2c4c4c%12c%12c5c5c6c8c6c8c%13c9c9c%10c%10c%11c2c2c4c4c%12c5c6c5c8c9c%10c2c45)C173. The molecule has 0 bridgehead atoms. The fraction of sp³-hybridized carbons (Fsp3) is 0.0484. The van der Waals surface area contributed by atoms with Crippen molar-refractivity contribution in [3.8, 4) is 0 Å². The smallest absolute Gasteiger partial charge is 0.209 e. The molecule has 1 N–H and O–H groups in total. The summed E-state index contributed by atoms with van der Waals surface area (Å²) in [6.07, 6.45) is 0. The fourth-order valence-electron chi connectivity index (χ4n) is 24.2. The van der Waals surface area contributed by atoms with Gasteiger partial charge < -0.3 is 9.94 Å². The first-order valence-corrected chi connectivity index (χ1v) is 24.0. The molecule has 0 fully saturated rings. The Morgan fingerprint density at radius 3 is 0.554 bits per heavy atom. The van der Waals surface area contributed by atoms with Gasteiger partial charge in [-0.2, -0.15) is 0 Å². The molecule has 268 valence electrons. The van der Waals surface area contributed by atoms with E-state index in [4.69, 9.17) is 9.99 Å². The van der Waals surface area contributed by atoms with Crippen LogP contribution in [0.4, 0.5) is 0 Å². The number of hydrogen-bond acceptors (Lipinski definition) is 3. The van der Waals surface area contributed by atoms with Crippen LogP contribution in [0.1, 0.15) is 22.3 Å². The minimum atomic E-state index is -0.892.